The second kappa shape index (κ2) is 3.97. The summed E-state index contributed by atoms with van der Waals surface area (Å²) in [4.78, 5) is 11.4. The number of benzene rings is 1. The van der Waals surface area contributed by atoms with Crippen LogP contribution in [0.3, 0.4) is 0 Å². The average Bonchev–Trinajstić information content (AvgIpc) is 2.13. The van der Waals surface area contributed by atoms with Crippen molar-refractivity contribution in [2.45, 2.75) is 13.3 Å². The Kier molecular flexibility index (Phi) is 2.76. The summed E-state index contributed by atoms with van der Waals surface area (Å²) in [6.45, 7) is 1.83. The van der Waals surface area contributed by atoms with E-state index in [0.29, 0.717) is 0 Å². The number of carbonyl (C=O) groups excluding carboxylic acids is 1. The van der Waals surface area contributed by atoms with Gasteiger partial charge in [-0.3, -0.25) is 4.79 Å². The molecule has 1 aliphatic rings. The van der Waals surface area contributed by atoms with E-state index in [1.807, 2.05) is 6.92 Å². The second-order valence-corrected chi connectivity index (χ2v) is 5.02. The van der Waals surface area contributed by atoms with Crippen molar-refractivity contribution in [2.75, 3.05) is 0 Å². The lowest BCUT2D eigenvalue weighted by Crippen LogP contribution is -2.19. The van der Waals surface area contributed by atoms with Crippen LogP contribution in [-0.4, -0.2) is 14.2 Å². The predicted octanol–water partition coefficient (Wildman–Crippen LogP) is 0.797. The Bertz CT molecular complexity index is 616. The maximum atomic E-state index is 11.4. The summed E-state index contributed by atoms with van der Waals surface area (Å²) in [5, 5.41) is 4.77. The maximum Gasteiger partial charge on any atom is 0.380 e. The third-order valence-electron chi connectivity index (χ3n) is 2.46. The van der Waals surface area contributed by atoms with E-state index in [1.165, 1.54) is 12.1 Å². The monoisotopic (exact) mass is 253 g/mol. The molecule has 0 amide bonds. The van der Waals surface area contributed by atoms with Crippen molar-refractivity contribution in [1.82, 2.24) is 0 Å². The van der Waals surface area contributed by atoms with Crippen LogP contribution in [0, 0.1) is 0 Å². The Morgan fingerprint density at radius 3 is 2.71 bits per heavy atom. The molecule has 0 saturated heterocycles. The van der Waals surface area contributed by atoms with Crippen molar-refractivity contribution < 1.29 is 17.4 Å². The van der Waals surface area contributed by atoms with E-state index in [4.69, 9.17) is 5.14 Å². The normalized spacial score (nSPS) is 15.2. The van der Waals surface area contributed by atoms with Gasteiger partial charge in [0.1, 0.15) is 5.75 Å². The minimum absolute atomic E-state index is 0.0113. The molecule has 1 aliphatic carbocycles. The number of ketones is 1. The van der Waals surface area contributed by atoms with Crippen LogP contribution >= 0.6 is 0 Å². The average molecular weight is 253 g/mol. The highest BCUT2D eigenvalue weighted by atomic mass is 32.2. The maximum absolute atomic E-state index is 11.4. The molecule has 0 atom stereocenters. The lowest BCUT2D eigenvalue weighted by atomic mass is 9.91. The van der Waals surface area contributed by atoms with Crippen molar-refractivity contribution >= 4 is 21.7 Å². The standard InChI is InChI=1S/C11H11NO4S/c1-7-4-9(13)5-8-6-10(2-3-11(7)8)16-17(12,14)15/h2-4,6H,5H2,1H3,(H2,12,14,15). The van der Waals surface area contributed by atoms with Crippen LogP contribution in [0.1, 0.15) is 18.1 Å². The molecule has 0 bridgehead atoms. The van der Waals surface area contributed by atoms with Crippen molar-refractivity contribution in [1.29, 1.82) is 0 Å². The van der Waals surface area contributed by atoms with Crippen LogP contribution < -0.4 is 9.32 Å². The van der Waals surface area contributed by atoms with Crippen LogP contribution in [0.15, 0.2) is 24.3 Å². The van der Waals surface area contributed by atoms with Crippen LogP contribution in [0.25, 0.3) is 5.57 Å². The number of rotatable bonds is 2. The lowest BCUT2D eigenvalue weighted by Gasteiger charge is -2.15. The van der Waals surface area contributed by atoms with Gasteiger partial charge in [-0.25, -0.2) is 0 Å². The van der Waals surface area contributed by atoms with Gasteiger partial charge in [-0.05, 0) is 41.8 Å². The number of carbonyl (C=O) groups is 1. The van der Waals surface area contributed by atoms with Gasteiger partial charge in [-0.15, -0.1) is 0 Å². The minimum Gasteiger partial charge on any atom is -0.371 e. The first-order chi connectivity index (χ1) is 7.85. The molecule has 17 heavy (non-hydrogen) atoms. The van der Waals surface area contributed by atoms with Gasteiger partial charge in [0.15, 0.2) is 5.78 Å². The van der Waals surface area contributed by atoms with Crippen molar-refractivity contribution in [3.63, 3.8) is 0 Å². The van der Waals surface area contributed by atoms with E-state index in [1.54, 1.807) is 12.1 Å². The third-order valence-corrected chi connectivity index (χ3v) is 2.88. The molecule has 2 rings (SSSR count). The summed E-state index contributed by atoms with van der Waals surface area (Å²) in [5.74, 6) is 0.108. The lowest BCUT2D eigenvalue weighted by molar-refractivity contribution is -0.114. The smallest absolute Gasteiger partial charge is 0.371 e. The zero-order chi connectivity index (χ0) is 12.6. The second-order valence-electron chi connectivity index (χ2n) is 3.87. The third kappa shape index (κ3) is 2.72. The van der Waals surface area contributed by atoms with Gasteiger partial charge in [-0.2, -0.15) is 13.6 Å². The van der Waals surface area contributed by atoms with Crippen molar-refractivity contribution in [2.24, 2.45) is 5.14 Å². The molecule has 0 saturated carbocycles. The molecule has 0 aliphatic heterocycles. The number of hydrogen-bond donors (Lipinski definition) is 1. The highest BCUT2D eigenvalue weighted by Crippen LogP contribution is 2.28. The number of nitrogens with two attached hydrogens (primary N) is 1. The van der Waals surface area contributed by atoms with Crippen LogP contribution in [-0.2, 0) is 21.5 Å². The van der Waals surface area contributed by atoms with Gasteiger partial charge < -0.3 is 4.18 Å². The minimum atomic E-state index is -4.03. The predicted molar refractivity (Wildman–Crippen MR) is 62.5 cm³/mol. The molecular formula is C11H11NO4S. The number of fused-ring (bicyclic) bond motifs is 1. The topological polar surface area (TPSA) is 86.5 Å². The van der Waals surface area contributed by atoms with Crippen molar-refractivity contribution in [3.8, 4) is 5.75 Å². The largest absolute Gasteiger partial charge is 0.380 e. The van der Waals surface area contributed by atoms with Gasteiger partial charge in [0, 0.05) is 6.42 Å². The Balaban J connectivity index is 2.42. The molecule has 90 valence electrons. The molecule has 0 heterocycles. The Labute approximate surface area is 99.1 Å². The van der Waals surface area contributed by atoms with E-state index in [-0.39, 0.29) is 18.0 Å². The Hall–Kier alpha value is -1.66. The van der Waals surface area contributed by atoms with Crippen molar-refractivity contribution in [3.05, 3.63) is 35.4 Å². The molecule has 5 nitrogen and oxygen atoms in total. The fourth-order valence-corrected chi connectivity index (χ4v) is 2.22. The summed E-state index contributed by atoms with van der Waals surface area (Å²) in [7, 11) is -4.03. The molecule has 2 N–H and O–H groups in total. The first-order valence-electron chi connectivity index (χ1n) is 4.92. The highest BCUT2D eigenvalue weighted by Gasteiger charge is 2.16. The van der Waals surface area contributed by atoms with Gasteiger partial charge in [-0.1, -0.05) is 6.07 Å². The summed E-state index contributed by atoms with van der Waals surface area (Å²) < 4.78 is 26.1. The molecule has 1 aromatic carbocycles. The van der Waals surface area contributed by atoms with Gasteiger partial charge in [0.05, 0.1) is 0 Å². The molecular weight excluding hydrogens is 242 g/mol. The molecule has 1 aromatic rings. The van der Waals surface area contributed by atoms with E-state index >= 15 is 0 Å². The van der Waals surface area contributed by atoms with Gasteiger partial charge in [0.25, 0.3) is 0 Å². The highest BCUT2D eigenvalue weighted by molar-refractivity contribution is 7.84. The Morgan fingerprint density at radius 1 is 1.35 bits per heavy atom. The fraction of sp³-hybridized carbons (Fsp3) is 0.182. The van der Waals surface area contributed by atoms with E-state index < -0.39 is 10.3 Å². The van der Waals surface area contributed by atoms with Gasteiger partial charge >= 0.3 is 10.3 Å². The summed E-state index contributed by atoms with van der Waals surface area (Å²) in [6.07, 6.45) is 1.82. The van der Waals surface area contributed by atoms with Gasteiger partial charge in [0.2, 0.25) is 0 Å². The zero-order valence-electron chi connectivity index (χ0n) is 9.14. The molecule has 0 spiro atoms. The van der Waals surface area contributed by atoms with E-state index in [9.17, 15) is 13.2 Å². The van der Waals surface area contributed by atoms with Crippen LogP contribution in [0.5, 0.6) is 5.75 Å². The van der Waals surface area contributed by atoms with E-state index in [0.717, 1.165) is 16.7 Å². The Morgan fingerprint density at radius 2 is 2.06 bits per heavy atom. The summed E-state index contributed by atoms with van der Waals surface area (Å²) in [6, 6.07) is 4.75. The summed E-state index contributed by atoms with van der Waals surface area (Å²) >= 11 is 0. The van der Waals surface area contributed by atoms with Crippen LogP contribution in [0.2, 0.25) is 0 Å². The molecule has 0 fully saturated rings. The molecule has 0 unspecified atom stereocenters. The quantitative estimate of drug-likeness (QED) is 0.844. The SMILES string of the molecule is CC1=CC(=O)Cc2cc(OS(N)(=O)=O)ccc21. The van der Waals surface area contributed by atoms with E-state index in [2.05, 4.69) is 4.18 Å². The van der Waals surface area contributed by atoms with Crippen LogP contribution in [0.4, 0.5) is 0 Å². The molecule has 6 heteroatoms. The summed E-state index contributed by atoms with van der Waals surface area (Å²) in [5.41, 5.74) is 2.53. The zero-order valence-corrected chi connectivity index (χ0v) is 9.95. The molecule has 0 aromatic heterocycles. The molecule has 0 radical (unpaired) electrons. The fourth-order valence-electron chi connectivity index (χ4n) is 1.84. The first-order valence-corrected chi connectivity index (χ1v) is 6.39. The number of hydrogen-bond acceptors (Lipinski definition) is 4. The first kappa shape index (κ1) is 11.8. The number of allylic oxidation sites excluding steroid dienone is 2.